The maximum absolute atomic E-state index is 13.3. The van der Waals surface area contributed by atoms with Gasteiger partial charge in [0.15, 0.2) is 5.76 Å². The Balaban J connectivity index is 1.37. The smallest absolute Gasteiger partial charge is 0.230 e. The fourth-order valence-corrected chi connectivity index (χ4v) is 4.91. The van der Waals surface area contributed by atoms with E-state index in [0.717, 1.165) is 11.1 Å². The molecule has 3 aliphatic rings. The Labute approximate surface area is 168 Å². The van der Waals surface area contributed by atoms with Crippen molar-refractivity contribution in [3.8, 4) is 0 Å². The molecule has 5 rings (SSSR count). The van der Waals surface area contributed by atoms with Gasteiger partial charge in [-0.15, -0.1) is 0 Å². The minimum absolute atomic E-state index is 0.00947. The molecule has 2 fully saturated rings. The van der Waals surface area contributed by atoms with E-state index < -0.39 is 17.4 Å². The third kappa shape index (κ3) is 2.88. The second-order valence-electron chi connectivity index (χ2n) is 8.26. The van der Waals surface area contributed by atoms with Gasteiger partial charge in [-0.05, 0) is 12.5 Å². The fraction of sp³-hybridized carbons (Fsp3) is 0.409. The second-order valence-corrected chi connectivity index (χ2v) is 8.26. The molecule has 1 aromatic heterocycles. The van der Waals surface area contributed by atoms with Gasteiger partial charge in [-0.2, -0.15) is 0 Å². The SMILES string of the molecule is Cc1cccc(CN2C[C@]34C=C[C@H](O3)[C@H](C(=O)N(C)Cc3ccno3)[C@@H]4C2=O)c1. The molecule has 4 heterocycles. The van der Waals surface area contributed by atoms with E-state index in [1.807, 2.05) is 42.2 Å². The third-order valence-corrected chi connectivity index (χ3v) is 6.18. The summed E-state index contributed by atoms with van der Waals surface area (Å²) in [6.45, 7) is 3.35. The number of carbonyl (C=O) groups excluding carboxylic acids is 2. The van der Waals surface area contributed by atoms with Crippen LogP contribution in [0.5, 0.6) is 0 Å². The van der Waals surface area contributed by atoms with E-state index in [1.165, 1.54) is 0 Å². The van der Waals surface area contributed by atoms with Gasteiger partial charge < -0.3 is 19.1 Å². The average Bonchev–Trinajstić information content (AvgIpc) is 3.45. The van der Waals surface area contributed by atoms with Crippen molar-refractivity contribution in [2.24, 2.45) is 11.8 Å². The normalized spacial score (nSPS) is 29.5. The number of ether oxygens (including phenoxy) is 1. The summed E-state index contributed by atoms with van der Waals surface area (Å²) in [6.07, 6.45) is 5.12. The van der Waals surface area contributed by atoms with Gasteiger partial charge in [-0.1, -0.05) is 47.1 Å². The third-order valence-electron chi connectivity index (χ3n) is 6.18. The summed E-state index contributed by atoms with van der Waals surface area (Å²) in [7, 11) is 1.72. The van der Waals surface area contributed by atoms with Crippen molar-refractivity contribution in [2.75, 3.05) is 13.6 Å². The maximum Gasteiger partial charge on any atom is 0.230 e. The van der Waals surface area contributed by atoms with Crippen molar-refractivity contribution in [1.82, 2.24) is 15.0 Å². The Morgan fingerprint density at radius 2 is 2.24 bits per heavy atom. The molecule has 7 heteroatoms. The molecule has 150 valence electrons. The van der Waals surface area contributed by atoms with Gasteiger partial charge in [0.1, 0.15) is 5.60 Å². The predicted octanol–water partition coefficient (Wildman–Crippen LogP) is 1.92. The lowest BCUT2D eigenvalue weighted by Gasteiger charge is -2.27. The molecule has 0 unspecified atom stereocenters. The molecule has 3 aliphatic heterocycles. The van der Waals surface area contributed by atoms with Crippen molar-refractivity contribution in [3.05, 3.63) is 65.6 Å². The van der Waals surface area contributed by atoms with E-state index in [0.29, 0.717) is 25.4 Å². The first-order valence-corrected chi connectivity index (χ1v) is 9.83. The zero-order valence-corrected chi connectivity index (χ0v) is 16.4. The first kappa shape index (κ1) is 18.1. The molecule has 0 radical (unpaired) electrons. The number of hydrogen-bond donors (Lipinski definition) is 0. The first-order chi connectivity index (χ1) is 14.0. The number of hydrogen-bond acceptors (Lipinski definition) is 5. The number of nitrogens with zero attached hydrogens (tertiary/aromatic N) is 3. The Morgan fingerprint density at radius 3 is 3.00 bits per heavy atom. The van der Waals surface area contributed by atoms with Crippen LogP contribution in [0.2, 0.25) is 0 Å². The minimum Gasteiger partial charge on any atom is -0.360 e. The van der Waals surface area contributed by atoms with Crippen LogP contribution in [0.25, 0.3) is 0 Å². The van der Waals surface area contributed by atoms with E-state index in [4.69, 9.17) is 9.26 Å². The highest BCUT2D eigenvalue weighted by molar-refractivity contribution is 5.93. The molecule has 1 spiro atoms. The van der Waals surface area contributed by atoms with Gasteiger partial charge in [0.25, 0.3) is 0 Å². The van der Waals surface area contributed by atoms with E-state index in [9.17, 15) is 9.59 Å². The zero-order valence-electron chi connectivity index (χ0n) is 16.4. The molecule has 29 heavy (non-hydrogen) atoms. The van der Waals surface area contributed by atoms with Gasteiger partial charge in [0.2, 0.25) is 11.8 Å². The van der Waals surface area contributed by atoms with Gasteiger partial charge in [0, 0.05) is 19.7 Å². The van der Waals surface area contributed by atoms with Crippen LogP contribution in [0, 0.1) is 18.8 Å². The number of rotatable bonds is 5. The lowest BCUT2D eigenvalue weighted by Crippen LogP contribution is -2.44. The molecule has 0 aliphatic carbocycles. The highest BCUT2D eigenvalue weighted by atomic mass is 16.5. The number of aryl methyl sites for hydroxylation is 1. The molecule has 4 atom stereocenters. The summed E-state index contributed by atoms with van der Waals surface area (Å²) < 4.78 is 11.3. The Bertz CT molecular complexity index is 986. The van der Waals surface area contributed by atoms with Crippen LogP contribution in [0.1, 0.15) is 16.9 Å². The summed E-state index contributed by atoms with van der Waals surface area (Å²) in [6, 6.07) is 9.87. The van der Waals surface area contributed by atoms with Crippen molar-refractivity contribution < 1.29 is 18.8 Å². The molecule has 0 N–H and O–H groups in total. The van der Waals surface area contributed by atoms with Gasteiger partial charge >= 0.3 is 0 Å². The topological polar surface area (TPSA) is 75.9 Å². The zero-order chi connectivity index (χ0) is 20.2. The lowest BCUT2D eigenvalue weighted by molar-refractivity contribution is -0.143. The van der Waals surface area contributed by atoms with Crippen molar-refractivity contribution >= 4 is 11.8 Å². The summed E-state index contributed by atoms with van der Waals surface area (Å²) in [5.74, 6) is -0.498. The van der Waals surface area contributed by atoms with Gasteiger partial charge in [-0.3, -0.25) is 9.59 Å². The number of carbonyl (C=O) groups is 2. The van der Waals surface area contributed by atoms with Crippen LogP contribution >= 0.6 is 0 Å². The molecule has 0 saturated carbocycles. The molecule has 2 saturated heterocycles. The summed E-state index contributed by atoms with van der Waals surface area (Å²) >= 11 is 0. The largest absolute Gasteiger partial charge is 0.360 e. The summed E-state index contributed by atoms with van der Waals surface area (Å²) in [5, 5.41) is 3.68. The second kappa shape index (κ2) is 6.56. The quantitative estimate of drug-likeness (QED) is 0.726. The lowest BCUT2D eigenvalue weighted by atomic mass is 9.76. The molecule has 1 aromatic carbocycles. The van der Waals surface area contributed by atoms with Crippen molar-refractivity contribution in [1.29, 1.82) is 0 Å². The van der Waals surface area contributed by atoms with Crippen LogP contribution in [0.3, 0.4) is 0 Å². The number of benzene rings is 1. The highest BCUT2D eigenvalue weighted by Gasteiger charge is 2.67. The van der Waals surface area contributed by atoms with Crippen LogP contribution in [-0.4, -0.2) is 52.1 Å². The van der Waals surface area contributed by atoms with E-state index in [1.54, 1.807) is 24.2 Å². The molecule has 2 aromatic rings. The molecular formula is C22H23N3O4. The maximum atomic E-state index is 13.3. The number of amides is 2. The van der Waals surface area contributed by atoms with Crippen molar-refractivity contribution in [3.63, 3.8) is 0 Å². The van der Waals surface area contributed by atoms with Crippen LogP contribution < -0.4 is 0 Å². The average molecular weight is 393 g/mol. The molecule has 2 amide bonds. The summed E-state index contributed by atoms with van der Waals surface area (Å²) in [5.41, 5.74) is 1.55. The van der Waals surface area contributed by atoms with Crippen LogP contribution in [0.15, 0.2) is 53.2 Å². The number of fused-ring (bicyclic) bond motifs is 1. The predicted molar refractivity (Wildman–Crippen MR) is 103 cm³/mol. The Hall–Kier alpha value is -2.93. The highest BCUT2D eigenvalue weighted by Crippen LogP contribution is 2.52. The van der Waals surface area contributed by atoms with E-state index in [2.05, 4.69) is 11.2 Å². The summed E-state index contributed by atoms with van der Waals surface area (Å²) in [4.78, 5) is 30.0. The van der Waals surface area contributed by atoms with Crippen LogP contribution in [0.4, 0.5) is 0 Å². The molecular weight excluding hydrogens is 370 g/mol. The standard InChI is InChI=1S/C22H23N3O4/c1-14-4-3-5-15(10-14)11-25-13-22-8-6-17(28-22)18(19(22)21(25)27)20(26)24(2)12-16-7-9-23-29-16/h3-10,17-19H,11-13H2,1-2H3/t17-,18-,19+,22-/m0/s1. The van der Waals surface area contributed by atoms with Gasteiger partial charge in [0.05, 0.1) is 37.2 Å². The number of likely N-dealkylation sites (tertiary alicyclic amines) is 1. The van der Waals surface area contributed by atoms with E-state index >= 15 is 0 Å². The Morgan fingerprint density at radius 1 is 1.38 bits per heavy atom. The van der Waals surface area contributed by atoms with Crippen molar-refractivity contribution in [2.45, 2.75) is 31.7 Å². The monoisotopic (exact) mass is 393 g/mol. The minimum atomic E-state index is -0.695. The van der Waals surface area contributed by atoms with Crippen LogP contribution in [-0.2, 0) is 27.4 Å². The number of aromatic nitrogens is 1. The van der Waals surface area contributed by atoms with Gasteiger partial charge in [-0.25, -0.2) is 0 Å². The first-order valence-electron chi connectivity index (χ1n) is 9.83. The fourth-order valence-electron chi connectivity index (χ4n) is 4.91. The molecule has 2 bridgehead atoms. The molecule has 7 nitrogen and oxygen atoms in total. The Kier molecular flexibility index (Phi) is 4.10. The van der Waals surface area contributed by atoms with E-state index in [-0.39, 0.29) is 17.9 Å².